The van der Waals surface area contributed by atoms with Crippen molar-refractivity contribution in [2.24, 2.45) is 4.99 Å². The van der Waals surface area contributed by atoms with Crippen LogP contribution < -0.4 is 21.4 Å². The van der Waals surface area contributed by atoms with E-state index in [1.54, 1.807) is 19.2 Å². The number of rotatable bonds is 5. The van der Waals surface area contributed by atoms with Crippen molar-refractivity contribution in [3.8, 4) is 0 Å². The van der Waals surface area contributed by atoms with Gasteiger partial charge in [-0.25, -0.2) is 4.99 Å². The molecule has 13 heteroatoms. The standard InChI is InChI=1S/C20H18N10O2S/c1-21-17-25-18(23-13-7-3-2-4-8-13)27-19(26-17)28-20(33)24-14-10-15(31)30(29-14)16(32)12-6-5-9-22-11-12/h2-9,11H,10H2,1H3,(H4,21,23,24,25,26,27,28,29,33). The molecule has 1 fully saturated rings. The number of imide groups is 1. The summed E-state index contributed by atoms with van der Waals surface area (Å²) in [6.07, 6.45) is 2.79. The molecule has 3 heterocycles. The first-order chi connectivity index (χ1) is 16.0. The zero-order valence-corrected chi connectivity index (χ0v) is 18.1. The fourth-order valence-electron chi connectivity index (χ4n) is 2.80. The van der Waals surface area contributed by atoms with Crippen LogP contribution in [0.4, 0.5) is 23.5 Å². The van der Waals surface area contributed by atoms with Crippen molar-refractivity contribution in [1.29, 1.82) is 0 Å². The lowest BCUT2D eigenvalue weighted by atomic mass is 10.2. The summed E-state index contributed by atoms with van der Waals surface area (Å²) in [5, 5.41) is 9.60. The van der Waals surface area contributed by atoms with E-state index in [4.69, 9.17) is 12.2 Å². The molecule has 33 heavy (non-hydrogen) atoms. The van der Waals surface area contributed by atoms with Crippen LogP contribution in [-0.4, -0.2) is 54.8 Å². The second kappa shape index (κ2) is 9.74. The average molecular weight is 462 g/mol. The molecule has 1 saturated heterocycles. The molecule has 1 aliphatic heterocycles. The van der Waals surface area contributed by atoms with E-state index in [-0.39, 0.29) is 28.9 Å². The van der Waals surface area contributed by atoms with Crippen LogP contribution in [0.25, 0.3) is 0 Å². The molecule has 1 aliphatic rings. The van der Waals surface area contributed by atoms with Crippen molar-refractivity contribution in [3.05, 3.63) is 60.4 Å². The van der Waals surface area contributed by atoms with Crippen LogP contribution in [0.5, 0.6) is 0 Å². The highest BCUT2D eigenvalue weighted by molar-refractivity contribution is 7.80. The summed E-state index contributed by atoms with van der Waals surface area (Å²) in [5.74, 6) is -0.0398. The monoisotopic (exact) mass is 462 g/mol. The summed E-state index contributed by atoms with van der Waals surface area (Å²) in [7, 11) is 1.67. The van der Waals surface area contributed by atoms with Crippen LogP contribution >= 0.6 is 12.2 Å². The van der Waals surface area contributed by atoms with Gasteiger partial charge in [0, 0.05) is 25.1 Å². The largest absolute Gasteiger partial charge is 0.357 e. The molecule has 4 N–H and O–H groups in total. The Morgan fingerprint density at radius 1 is 1.09 bits per heavy atom. The number of benzene rings is 1. The molecule has 2 amide bonds. The molecule has 0 radical (unpaired) electrons. The zero-order valence-electron chi connectivity index (χ0n) is 17.3. The Morgan fingerprint density at radius 3 is 2.58 bits per heavy atom. The number of thiocarbonyl (C=S) groups is 1. The van der Waals surface area contributed by atoms with Gasteiger partial charge in [0.15, 0.2) is 0 Å². The van der Waals surface area contributed by atoms with Gasteiger partial charge in [0.25, 0.3) is 11.8 Å². The van der Waals surface area contributed by atoms with Gasteiger partial charge in [0.1, 0.15) is 5.84 Å². The number of anilines is 4. The molecule has 2 aromatic heterocycles. The second-order valence-electron chi connectivity index (χ2n) is 6.60. The predicted octanol–water partition coefficient (Wildman–Crippen LogP) is 1.72. The van der Waals surface area contributed by atoms with E-state index >= 15 is 0 Å². The van der Waals surface area contributed by atoms with Crippen LogP contribution in [-0.2, 0) is 4.79 Å². The first kappa shape index (κ1) is 21.7. The van der Waals surface area contributed by atoms with E-state index in [0.717, 1.165) is 10.7 Å². The van der Waals surface area contributed by atoms with E-state index < -0.39 is 11.8 Å². The average Bonchev–Trinajstić information content (AvgIpc) is 3.19. The number of aliphatic imine (C=N–C) groups is 1. The van der Waals surface area contributed by atoms with Crippen molar-refractivity contribution in [2.75, 3.05) is 23.0 Å². The fourth-order valence-corrected chi connectivity index (χ4v) is 3.00. The maximum Gasteiger partial charge on any atom is 0.281 e. The maximum absolute atomic E-state index is 12.5. The number of hydrazine groups is 1. The molecule has 0 bridgehead atoms. The van der Waals surface area contributed by atoms with E-state index in [1.165, 1.54) is 12.4 Å². The Labute approximate surface area is 193 Å². The number of amides is 2. The number of amidine groups is 1. The van der Waals surface area contributed by atoms with E-state index in [9.17, 15) is 9.59 Å². The number of hydrogen-bond donors (Lipinski definition) is 4. The fraction of sp³-hybridized carbons (Fsp3) is 0.100. The summed E-state index contributed by atoms with van der Waals surface area (Å²) in [4.78, 5) is 45.6. The van der Waals surface area contributed by atoms with Gasteiger partial charge in [-0.15, -0.1) is 0 Å². The Kier molecular flexibility index (Phi) is 6.40. The van der Waals surface area contributed by atoms with Gasteiger partial charge >= 0.3 is 0 Å². The highest BCUT2D eigenvalue weighted by atomic mass is 32.1. The van der Waals surface area contributed by atoms with Crippen LogP contribution in [0.1, 0.15) is 16.8 Å². The molecule has 3 aromatic rings. The van der Waals surface area contributed by atoms with Gasteiger partial charge in [-0.1, -0.05) is 18.2 Å². The lowest BCUT2D eigenvalue weighted by molar-refractivity contribution is -0.126. The third-order valence-electron chi connectivity index (χ3n) is 4.26. The summed E-state index contributed by atoms with van der Waals surface area (Å²) < 4.78 is 0. The van der Waals surface area contributed by atoms with E-state index in [0.29, 0.717) is 11.9 Å². The quantitative estimate of drug-likeness (QED) is 0.324. The molecule has 0 aliphatic carbocycles. The molecule has 0 unspecified atom stereocenters. The van der Waals surface area contributed by atoms with Crippen molar-refractivity contribution in [3.63, 3.8) is 0 Å². The zero-order chi connectivity index (χ0) is 23.2. The van der Waals surface area contributed by atoms with Crippen molar-refractivity contribution in [2.45, 2.75) is 6.42 Å². The van der Waals surface area contributed by atoms with Gasteiger partial charge in [-0.05, 0) is 36.5 Å². The Balaban J connectivity index is 1.45. The molecular formula is C20H18N10O2S. The normalized spacial score (nSPS) is 14.0. The Bertz CT molecular complexity index is 1220. The number of carbonyl (C=O) groups is 2. The summed E-state index contributed by atoms with van der Waals surface area (Å²) in [6.45, 7) is 0. The number of nitrogens with one attached hydrogen (secondary N) is 4. The number of para-hydroxylation sites is 1. The third kappa shape index (κ3) is 5.40. The highest BCUT2D eigenvalue weighted by Gasteiger charge is 2.32. The Hall–Kier alpha value is -4.52. The first-order valence-corrected chi connectivity index (χ1v) is 10.1. The molecular weight excluding hydrogens is 444 g/mol. The lowest BCUT2D eigenvalue weighted by Gasteiger charge is -2.13. The Morgan fingerprint density at radius 2 is 1.85 bits per heavy atom. The number of hydrogen-bond acceptors (Lipinski definition) is 9. The molecule has 0 saturated carbocycles. The third-order valence-corrected chi connectivity index (χ3v) is 4.46. The number of carbonyl (C=O) groups excluding carboxylic acids is 2. The summed E-state index contributed by atoms with van der Waals surface area (Å²) in [6, 6.07) is 12.6. The SMILES string of the molecule is CNc1nc(NC(=S)/N=C2\CC(=O)N(C(=O)c3cccnc3)N2)nc(Nc2ccccc2)n1. The van der Waals surface area contributed by atoms with Gasteiger partial charge in [-0.3, -0.25) is 25.3 Å². The number of aromatic nitrogens is 4. The van der Waals surface area contributed by atoms with Gasteiger partial charge < -0.3 is 10.6 Å². The van der Waals surface area contributed by atoms with Crippen molar-refractivity contribution < 1.29 is 9.59 Å². The number of pyridine rings is 1. The minimum atomic E-state index is -0.537. The summed E-state index contributed by atoms with van der Waals surface area (Å²) in [5.41, 5.74) is 3.74. The highest BCUT2D eigenvalue weighted by Crippen LogP contribution is 2.15. The van der Waals surface area contributed by atoms with Crippen LogP contribution in [0.15, 0.2) is 59.9 Å². The molecule has 0 spiro atoms. The molecule has 12 nitrogen and oxygen atoms in total. The first-order valence-electron chi connectivity index (χ1n) is 9.70. The van der Waals surface area contributed by atoms with Crippen molar-refractivity contribution in [1.82, 2.24) is 30.4 Å². The van der Waals surface area contributed by atoms with Gasteiger partial charge in [0.05, 0.1) is 12.0 Å². The number of nitrogens with zero attached hydrogens (tertiary/aromatic N) is 6. The van der Waals surface area contributed by atoms with Gasteiger partial charge in [0.2, 0.25) is 23.0 Å². The molecule has 166 valence electrons. The predicted molar refractivity (Wildman–Crippen MR) is 126 cm³/mol. The smallest absolute Gasteiger partial charge is 0.281 e. The van der Waals surface area contributed by atoms with Crippen LogP contribution in [0.3, 0.4) is 0 Å². The molecule has 1 aromatic carbocycles. The maximum atomic E-state index is 12.5. The minimum absolute atomic E-state index is 0.000101. The molecule has 0 atom stereocenters. The summed E-state index contributed by atoms with van der Waals surface area (Å²) >= 11 is 5.26. The minimum Gasteiger partial charge on any atom is -0.357 e. The molecule has 4 rings (SSSR count). The van der Waals surface area contributed by atoms with Crippen LogP contribution in [0, 0.1) is 0 Å². The van der Waals surface area contributed by atoms with E-state index in [2.05, 4.69) is 46.3 Å². The lowest BCUT2D eigenvalue weighted by Crippen LogP contribution is -2.41. The van der Waals surface area contributed by atoms with Crippen molar-refractivity contribution >= 4 is 58.5 Å². The van der Waals surface area contributed by atoms with Gasteiger partial charge in [-0.2, -0.15) is 20.0 Å². The second-order valence-corrected chi connectivity index (χ2v) is 6.99. The topological polar surface area (TPSA) is 149 Å². The van der Waals surface area contributed by atoms with E-state index in [1.807, 2.05) is 30.3 Å². The van der Waals surface area contributed by atoms with Crippen LogP contribution in [0.2, 0.25) is 0 Å².